The molecule has 0 aliphatic rings. The molecule has 1 amide bonds. The van der Waals surface area contributed by atoms with Gasteiger partial charge in [-0.1, -0.05) is 25.9 Å². The van der Waals surface area contributed by atoms with Gasteiger partial charge in [-0.2, -0.15) is 0 Å². The van der Waals surface area contributed by atoms with Crippen molar-refractivity contribution >= 4 is 29.5 Å². The highest BCUT2D eigenvalue weighted by Crippen LogP contribution is 2.23. The van der Waals surface area contributed by atoms with E-state index in [-0.39, 0.29) is 17.1 Å². The normalized spacial score (nSPS) is 12.8. The SMILES string of the molecule is COC(=O)C(N)CSCC(=O)Nc1cc(C(C)(C)C)no1. The number of nitrogens with one attached hydrogen (secondary N) is 1. The zero-order valence-electron chi connectivity index (χ0n) is 12.6. The number of carbonyl (C=O) groups is 2. The first-order chi connectivity index (χ1) is 9.74. The Bertz CT molecular complexity index is 496. The van der Waals surface area contributed by atoms with Crippen LogP contribution in [0.2, 0.25) is 0 Å². The van der Waals surface area contributed by atoms with Gasteiger partial charge < -0.3 is 15.0 Å². The van der Waals surface area contributed by atoms with Crippen LogP contribution in [-0.2, 0) is 19.7 Å². The molecule has 0 bridgehead atoms. The standard InChI is InChI=1S/C13H21N3O4S/c1-13(2,3)9-5-11(20-16-9)15-10(17)7-21-6-8(14)12(18)19-4/h5,8H,6-7,14H2,1-4H3,(H,15,17). The minimum Gasteiger partial charge on any atom is -0.468 e. The molecular formula is C13H21N3O4S. The zero-order valence-corrected chi connectivity index (χ0v) is 13.5. The van der Waals surface area contributed by atoms with Gasteiger partial charge in [0.1, 0.15) is 6.04 Å². The largest absolute Gasteiger partial charge is 0.468 e. The second-order valence-corrected chi connectivity index (χ2v) is 6.55. The van der Waals surface area contributed by atoms with E-state index in [0.29, 0.717) is 11.6 Å². The molecule has 1 aromatic heterocycles. The molecule has 0 spiro atoms. The Hall–Kier alpha value is -1.54. The number of methoxy groups -OCH3 is 1. The summed E-state index contributed by atoms with van der Waals surface area (Å²) in [4.78, 5) is 22.8. The first kappa shape index (κ1) is 17.5. The average Bonchev–Trinajstić information content (AvgIpc) is 2.85. The summed E-state index contributed by atoms with van der Waals surface area (Å²) in [5.41, 5.74) is 6.18. The number of ether oxygens (including phenoxy) is 1. The van der Waals surface area contributed by atoms with E-state index in [1.165, 1.54) is 18.9 Å². The molecule has 7 nitrogen and oxygen atoms in total. The summed E-state index contributed by atoms with van der Waals surface area (Å²) in [6.45, 7) is 6.00. The Labute approximate surface area is 127 Å². The van der Waals surface area contributed by atoms with E-state index >= 15 is 0 Å². The molecule has 1 atom stereocenters. The summed E-state index contributed by atoms with van der Waals surface area (Å²) < 4.78 is 9.55. The second-order valence-electron chi connectivity index (χ2n) is 5.52. The summed E-state index contributed by atoms with van der Waals surface area (Å²) in [6, 6.07) is 0.966. The van der Waals surface area contributed by atoms with Crippen molar-refractivity contribution in [3.8, 4) is 0 Å². The number of rotatable bonds is 6. The van der Waals surface area contributed by atoms with Crippen LogP contribution in [0, 0.1) is 0 Å². The lowest BCUT2D eigenvalue weighted by Crippen LogP contribution is -2.34. The van der Waals surface area contributed by atoms with E-state index < -0.39 is 12.0 Å². The van der Waals surface area contributed by atoms with Crippen molar-refractivity contribution in [2.75, 3.05) is 23.9 Å². The number of amides is 1. The van der Waals surface area contributed by atoms with Crippen LogP contribution in [-0.4, -0.2) is 41.7 Å². The van der Waals surface area contributed by atoms with Crippen molar-refractivity contribution in [3.05, 3.63) is 11.8 Å². The molecule has 1 rings (SSSR count). The molecule has 21 heavy (non-hydrogen) atoms. The number of hydrogen-bond acceptors (Lipinski definition) is 7. The monoisotopic (exact) mass is 315 g/mol. The van der Waals surface area contributed by atoms with E-state index in [9.17, 15) is 9.59 Å². The molecule has 118 valence electrons. The van der Waals surface area contributed by atoms with Crippen molar-refractivity contribution in [2.45, 2.75) is 32.2 Å². The topological polar surface area (TPSA) is 107 Å². The fourth-order valence-corrected chi connectivity index (χ4v) is 2.12. The van der Waals surface area contributed by atoms with Crippen LogP contribution in [0.3, 0.4) is 0 Å². The molecule has 0 aromatic carbocycles. The fourth-order valence-electron chi connectivity index (χ4n) is 1.36. The number of nitrogens with zero attached hydrogens (tertiary/aromatic N) is 1. The molecule has 0 aliphatic heterocycles. The Morgan fingerprint density at radius 2 is 2.19 bits per heavy atom. The van der Waals surface area contributed by atoms with Gasteiger partial charge in [0.05, 0.1) is 18.6 Å². The third-order valence-electron chi connectivity index (χ3n) is 2.58. The Balaban J connectivity index is 2.37. The summed E-state index contributed by atoms with van der Waals surface area (Å²) in [5, 5.41) is 6.51. The van der Waals surface area contributed by atoms with Gasteiger partial charge in [-0.05, 0) is 0 Å². The molecule has 3 N–H and O–H groups in total. The number of carbonyl (C=O) groups excluding carboxylic acids is 2. The van der Waals surface area contributed by atoms with Crippen molar-refractivity contribution < 1.29 is 18.8 Å². The summed E-state index contributed by atoms with van der Waals surface area (Å²) in [7, 11) is 1.27. The van der Waals surface area contributed by atoms with E-state index in [1.54, 1.807) is 6.07 Å². The van der Waals surface area contributed by atoms with E-state index in [4.69, 9.17) is 10.3 Å². The number of aromatic nitrogens is 1. The maximum atomic E-state index is 11.7. The van der Waals surface area contributed by atoms with Crippen LogP contribution >= 0.6 is 11.8 Å². The van der Waals surface area contributed by atoms with Gasteiger partial charge in [0.25, 0.3) is 0 Å². The fraction of sp³-hybridized carbons (Fsp3) is 0.615. The Kier molecular flexibility index (Phi) is 6.22. The highest BCUT2D eigenvalue weighted by Gasteiger charge is 2.20. The van der Waals surface area contributed by atoms with Gasteiger partial charge in [0.2, 0.25) is 11.8 Å². The van der Waals surface area contributed by atoms with Gasteiger partial charge in [-0.15, -0.1) is 11.8 Å². The molecule has 1 unspecified atom stereocenters. The van der Waals surface area contributed by atoms with E-state index in [0.717, 1.165) is 5.69 Å². The van der Waals surface area contributed by atoms with Gasteiger partial charge in [0.15, 0.2) is 0 Å². The smallest absolute Gasteiger partial charge is 0.323 e. The first-order valence-corrected chi connectivity index (χ1v) is 7.57. The zero-order chi connectivity index (χ0) is 16.0. The van der Waals surface area contributed by atoms with Crippen LogP contribution in [0.5, 0.6) is 0 Å². The lowest BCUT2D eigenvalue weighted by molar-refractivity contribution is -0.141. The predicted molar refractivity (Wildman–Crippen MR) is 81.1 cm³/mol. The third kappa shape index (κ3) is 5.76. The van der Waals surface area contributed by atoms with Crippen LogP contribution in [0.4, 0.5) is 5.88 Å². The van der Waals surface area contributed by atoms with Crippen molar-refractivity contribution in [1.82, 2.24) is 5.16 Å². The summed E-state index contributed by atoms with van der Waals surface area (Å²) in [5.74, 6) is 0.0458. The van der Waals surface area contributed by atoms with Crippen LogP contribution in [0.25, 0.3) is 0 Å². The van der Waals surface area contributed by atoms with Gasteiger partial charge in [0, 0.05) is 17.2 Å². The van der Waals surface area contributed by atoms with Crippen LogP contribution in [0.1, 0.15) is 26.5 Å². The highest BCUT2D eigenvalue weighted by atomic mass is 32.2. The predicted octanol–water partition coefficient (Wildman–Crippen LogP) is 1.14. The maximum Gasteiger partial charge on any atom is 0.323 e. The van der Waals surface area contributed by atoms with Gasteiger partial charge in [-0.25, -0.2) is 0 Å². The van der Waals surface area contributed by atoms with Crippen molar-refractivity contribution in [3.63, 3.8) is 0 Å². The van der Waals surface area contributed by atoms with Crippen molar-refractivity contribution in [1.29, 1.82) is 0 Å². The lowest BCUT2D eigenvalue weighted by atomic mass is 9.92. The molecule has 0 radical (unpaired) electrons. The Morgan fingerprint density at radius 3 is 2.71 bits per heavy atom. The number of hydrogen-bond donors (Lipinski definition) is 2. The number of esters is 1. The minimum atomic E-state index is -0.731. The van der Waals surface area contributed by atoms with Crippen LogP contribution in [0.15, 0.2) is 10.6 Å². The quantitative estimate of drug-likeness (QED) is 0.758. The van der Waals surface area contributed by atoms with Gasteiger partial charge in [-0.3, -0.25) is 14.9 Å². The van der Waals surface area contributed by atoms with Crippen molar-refractivity contribution in [2.24, 2.45) is 5.73 Å². The molecule has 0 aliphatic carbocycles. The average molecular weight is 315 g/mol. The van der Waals surface area contributed by atoms with Gasteiger partial charge >= 0.3 is 5.97 Å². The summed E-state index contributed by atoms with van der Waals surface area (Å²) >= 11 is 1.24. The minimum absolute atomic E-state index is 0.144. The molecule has 0 fully saturated rings. The first-order valence-electron chi connectivity index (χ1n) is 6.42. The number of nitrogens with two attached hydrogens (primary N) is 1. The second kappa shape index (κ2) is 7.46. The number of thioether (sulfide) groups is 1. The molecule has 1 aromatic rings. The molecule has 1 heterocycles. The Morgan fingerprint density at radius 1 is 1.52 bits per heavy atom. The van der Waals surface area contributed by atoms with E-state index in [1.807, 2.05) is 20.8 Å². The van der Waals surface area contributed by atoms with E-state index in [2.05, 4.69) is 15.2 Å². The summed E-state index contributed by atoms with van der Waals surface area (Å²) in [6.07, 6.45) is 0. The molecule has 0 saturated heterocycles. The molecular weight excluding hydrogens is 294 g/mol. The highest BCUT2D eigenvalue weighted by molar-refractivity contribution is 8.00. The molecule has 8 heteroatoms. The van der Waals surface area contributed by atoms with Crippen LogP contribution < -0.4 is 11.1 Å². The number of anilines is 1. The maximum absolute atomic E-state index is 11.7. The molecule has 0 saturated carbocycles. The lowest BCUT2D eigenvalue weighted by Gasteiger charge is -2.12. The third-order valence-corrected chi connectivity index (χ3v) is 3.64.